The highest BCUT2D eigenvalue weighted by Crippen LogP contribution is 2.15. The first-order valence-electron chi connectivity index (χ1n) is 15.2. The maximum absolute atomic E-state index is 11.7. The smallest absolute Gasteiger partial charge is 0.326 e. The third-order valence-corrected chi connectivity index (χ3v) is 7.07. The van der Waals surface area contributed by atoms with Crippen LogP contribution in [-0.4, -0.2) is 45.3 Å². The van der Waals surface area contributed by atoms with E-state index in [2.05, 4.69) is 30.4 Å². The van der Waals surface area contributed by atoms with E-state index < -0.39 is 30.0 Å². The molecule has 0 spiro atoms. The number of hydrogen-bond donors (Lipinski definition) is 5. The van der Waals surface area contributed by atoms with Gasteiger partial charge in [0, 0.05) is 17.8 Å². The molecule has 0 aliphatic heterocycles. The summed E-state index contributed by atoms with van der Waals surface area (Å²) >= 11 is 0. The number of allylic oxidation sites excluding steroid dienone is 3. The Morgan fingerprint density at radius 1 is 0.525 bits per heavy atom. The first kappa shape index (κ1) is 37.2. The van der Waals surface area contributed by atoms with Gasteiger partial charge in [-0.05, 0) is 51.9 Å². The summed E-state index contributed by atoms with van der Waals surface area (Å²) in [6, 6.07) is -1.56. The summed E-state index contributed by atoms with van der Waals surface area (Å²) < 4.78 is 0. The van der Waals surface area contributed by atoms with Crippen LogP contribution >= 0.6 is 0 Å². The third-order valence-electron chi connectivity index (χ3n) is 7.07. The summed E-state index contributed by atoms with van der Waals surface area (Å²) in [5, 5.41) is 33.6. The second kappa shape index (κ2) is 24.1. The molecule has 8 heteroatoms. The topological polar surface area (TPSA) is 136 Å². The predicted octanol–water partition coefficient (Wildman–Crippen LogP) is 7.56. The Morgan fingerprint density at radius 2 is 0.850 bits per heavy atom. The Bertz CT molecular complexity index is 779. The van der Waals surface area contributed by atoms with E-state index >= 15 is 0 Å². The van der Waals surface area contributed by atoms with Gasteiger partial charge in [-0.15, -0.1) is 6.58 Å². The highest BCUT2D eigenvalue weighted by molar-refractivity contribution is 5.74. The molecule has 0 rings (SSSR count). The Kier molecular flexibility index (Phi) is 22.4. The highest BCUT2D eigenvalue weighted by atomic mass is 16.4. The van der Waals surface area contributed by atoms with E-state index in [1.54, 1.807) is 0 Å². The Balaban J connectivity index is 3.87. The van der Waals surface area contributed by atoms with Crippen molar-refractivity contribution in [3.8, 4) is 0 Å². The number of carbonyl (C=O) groups is 3. The summed E-state index contributed by atoms with van der Waals surface area (Å²) in [7, 11) is 0. The van der Waals surface area contributed by atoms with Crippen molar-refractivity contribution < 1.29 is 29.7 Å². The number of rotatable bonds is 29. The largest absolute Gasteiger partial charge is 0.481 e. The van der Waals surface area contributed by atoms with Crippen molar-refractivity contribution in [2.45, 2.75) is 147 Å². The molecule has 0 aromatic carbocycles. The summed E-state index contributed by atoms with van der Waals surface area (Å²) in [6.07, 6.45) is 18.9. The Labute approximate surface area is 242 Å². The molecule has 0 bridgehead atoms. The van der Waals surface area contributed by atoms with Crippen molar-refractivity contribution in [2.24, 2.45) is 0 Å². The summed E-state index contributed by atoms with van der Waals surface area (Å²) in [4.78, 5) is 33.7. The van der Waals surface area contributed by atoms with Crippen molar-refractivity contribution in [1.82, 2.24) is 10.6 Å². The maximum Gasteiger partial charge on any atom is 0.326 e. The minimum atomic E-state index is -0.960. The molecule has 230 valence electrons. The molecule has 0 radical (unpaired) electrons. The van der Waals surface area contributed by atoms with Crippen LogP contribution in [0.15, 0.2) is 36.7 Å². The SMILES string of the molecule is C=C(C)CCC(NC(=C)CCC(NC(=C)CCCCCCCCCCCCCCCCC(=O)O)C(=O)O)C(=O)O. The van der Waals surface area contributed by atoms with Gasteiger partial charge in [-0.2, -0.15) is 0 Å². The van der Waals surface area contributed by atoms with Crippen molar-refractivity contribution in [3.05, 3.63) is 36.7 Å². The van der Waals surface area contributed by atoms with E-state index in [1.165, 1.54) is 57.8 Å². The van der Waals surface area contributed by atoms with Crippen LogP contribution in [-0.2, 0) is 14.4 Å². The fourth-order valence-corrected chi connectivity index (χ4v) is 4.60. The van der Waals surface area contributed by atoms with Gasteiger partial charge in [-0.1, -0.05) is 95.8 Å². The molecule has 8 nitrogen and oxygen atoms in total. The van der Waals surface area contributed by atoms with Gasteiger partial charge >= 0.3 is 17.9 Å². The molecule has 0 aromatic heterocycles. The monoisotopic (exact) mass is 564 g/mol. The van der Waals surface area contributed by atoms with Crippen molar-refractivity contribution in [1.29, 1.82) is 0 Å². The second-order valence-electron chi connectivity index (χ2n) is 11.2. The van der Waals surface area contributed by atoms with Gasteiger partial charge in [0.2, 0.25) is 0 Å². The zero-order valence-corrected chi connectivity index (χ0v) is 25.0. The van der Waals surface area contributed by atoms with Crippen LogP contribution in [0.5, 0.6) is 0 Å². The van der Waals surface area contributed by atoms with Gasteiger partial charge in [0.25, 0.3) is 0 Å². The number of hydrogen-bond acceptors (Lipinski definition) is 5. The molecular weight excluding hydrogens is 508 g/mol. The van der Waals surface area contributed by atoms with Crippen LogP contribution in [0, 0.1) is 0 Å². The number of carboxylic acids is 3. The molecule has 0 aromatic rings. The maximum atomic E-state index is 11.7. The quantitative estimate of drug-likeness (QED) is 0.0464. The number of nitrogens with one attached hydrogen (secondary N) is 2. The van der Waals surface area contributed by atoms with Gasteiger partial charge in [0.1, 0.15) is 12.1 Å². The second-order valence-corrected chi connectivity index (χ2v) is 11.2. The highest BCUT2D eigenvalue weighted by Gasteiger charge is 2.20. The van der Waals surface area contributed by atoms with Gasteiger partial charge < -0.3 is 26.0 Å². The molecule has 0 fully saturated rings. The lowest BCUT2D eigenvalue weighted by atomic mass is 10.0. The van der Waals surface area contributed by atoms with E-state index in [0.29, 0.717) is 37.8 Å². The molecular formula is C32H56N2O6. The van der Waals surface area contributed by atoms with Crippen molar-refractivity contribution >= 4 is 17.9 Å². The van der Waals surface area contributed by atoms with Crippen LogP contribution < -0.4 is 10.6 Å². The minimum Gasteiger partial charge on any atom is -0.481 e. The summed E-state index contributed by atoms with van der Waals surface area (Å²) in [5.41, 5.74) is 2.14. The lowest BCUT2D eigenvalue weighted by molar-refractivity contribution is -0.140. The van der Waals surface area contributed by atoms with E-state index in [1.807, 2.05) is 6.92 Å². The normalized spacial score (nSPS) is 12.3. The fraction of sp³-hybridized carbons (Fsp3) is 0.719. The molecule has 0 aliphatic rings. The predicted molar refractivity (Wildman–Crippen MR) is 162 cm³/mol. The molecule has 5 N–H and O–H groups in total. The van der Waals surface area contributed by atoms with Crippen molar-refractivity contribution in [2.75, 3.05) is 0 Å². The van der Waals surface area contributed by atoms with Crippen LogP contribution in [0.25, 0.3) is 0 Å². The van der Waals surface area contributed by atoms with Gasteiger partial charge in [0.15, 0.2) is 0 Å². The van der Waals surface area contributed by atoms with E-state index in [-0.39, 0.29) is 0 Å². The van der Waals surface area contributed by atoms with Crippen LogP contribution in [0.2, 0.25) is 0 Å². The molecule has 40 heavy (non-hydrogen) atoms. The average molecular weight is 565 g/mol. The zero-order chi connectivity index (χ0) is 30.2. The minimum absolute atomic E-state index is 0.291. The first-order chi connectivity index (χ1) is 19.0. The van der Waals surface area contributed by atoms with Crippen LogP contribution in [0.1, 0.15) is 135 Å². The standard InChI is InChI=1S/C32H56N2O6/c1-25(2)21-23-28(31(37)38)34-27(4)22-24-29(32(39)40)33-26(3)19-17-15-13-11-9-7-5-6-8-10-12-14-16-18-20-30(35)36/h28-29,33-34H,1,3-24H2,2H3,(H,35,36)(H,37,38)(H,39,40). The van der Waals surface area contributed by atoms with Crippen LogP contribution in [0.4, 0.5) is 0 Å². The zero-order valence-electron chi connectivity index (χ0n) is 25.0. The Morgan fingerprint density at radius 3 is 1.20 bits per heavy atom. The number of unbranched alkanes of at least 4 members (excludes halogenated alkanes) is 13. The van der Waals surface area contributed by atoms with Gasteiger partial charge in [-0.25, -0.2) is 9.59 Å². The van der Waals surface area contributed by atoms with E-state index in [4.69, 9.17) is 5.11 Å². The molecule has 0 heterocycles. The Hall–Kier alpha value is -2.77. The summed E-state index contributed by atoms with van der Waals surface area (Å²) in [6.45, 7) is 13.5. The van der Waals surface area contributed by atoms with E-state index in [9.17, 15) is 24.6 Å². The average Bonchev–Trinajstić information content (AvgIpc) is 2.87. The molecule has 0 saturated carbocycles. The van der Waals surface area contributed by atoms with Crippen LogP contribution in [0.3, 0.4) is 0 Å². The molecule has 0 saturated heterocycles. The summed E-state index contributed by atoms with van der Waals surface area (Å²) in [5.74, 6) is -2.61. The lowest BCUT2D eigenvalue weighted by Gasteiger charge is -2.21. The fourth-order valence-electron chi connectivity index (χ4n) is 4.60. The molecule has 2 unspecified atom stereocenters. The molecule has 0 amide bonds. The van der Waals surface area contributed by atoms with Gasteiger partial charge in [0.05, 0.1) is 0 Å². The molecule has 0 aliphatic carbocycles. The van der Waals surface area contributed by atoms with E-state index in [0.717, 1.165) is 49.8 Å². The third kappa shape index (κ3) is 23.1. The number of aliphatic carboxylic acids is 3. The number of carboxylic acid groups (broad SMARTS) is 3. The molecule has 2 atom stereocenters. The lowest BCUT2D eigenvalue weighted by Crippen LogP contribution is -2.38. The van der Waals surface area contributed by atoms with Gasteiger partial charge in [-0.3, -0.25) is 4.79 Å². The first-order valence-corrected chi connectivity index (χ1v) is 15.2. The van der Waals surface area contributed by atoms with Crippen molar-refractivity contribution in [3.63, 3.8) is 0 Å².